The number of rotatable bonds is 6. The van der Waals surface area contributed by atoms with Gasteiger partial charge in [0.2, 0.25) is 5.91 Å². The Morgan fingerprint density at radius 1 is 1.28 bits per heavy atom. The van der Waals surface area contributed by atoms with Crippen molar-refractivity contribution in [2.45, 2.75) is 25.8 Å². The molecule has 1 aliphatic heterocycles. The molecule has 2 unspecified atom stereocenters. The van der Waals surface area contributed by atoms with Crippen LogP contribution in [0.25, 0.3) is 0 Å². The Balaban J connectivity index is 1.94. The molecule has 0 saturated carbocycles. The predicted molar refractivity (Wildman–Crippen MR) is 103 cm³/mol. The van der Waals surface area contributed by atoms with Crippen LogP contribution >= 0.6 is 0 Å². The molecular formula is C20H21N3O6. The number of para-hydroxylation sites is 2. The number of carbonyl (C=O) groups is 3. The standard InChI is InChI=1S/C20H21N3O6/c1-11-15-7-12(19(26)22-14-5-3-4-6-17(14)29-2)8-16(23(15)10-21-11)13(20(27)28)9-18(24)25/h3-6,9-10,12,16H,7-8H2,1-2H3,(H,22,26)(H,24,25)(H,27,28). The molecule has 2 atom stereocenters. The number of benzene rings is 1. The lowest BCUT2D eigenvalue weighted by Gasteiger charge is -2.31. The second-order valence-corrected chi connectivity index (χ2v) is 6.77. The average Bonchev–Trinajstić information content (AvgIpc) is 3.06. The van der Waals surface area contributed by atoms with Crippen molar-refractivity contribution >= 4 is 23.5 Å². The van der Waals surface area contributed by atoms with Gasteiger partial charge in [-0.05, 0) is 25.5 Å². The number of carbonyl (C=O) groups excluding carboxylic acids is 1. The molecule has 0 radical (unpaired) electrons. The van der Waals surface area contributed by atoms with Crippen molar-refractivity contribution in [1.29, 1.82) is 0 Å². The Labute approximate surface area is 166 Å². The topological polar surface area (TPSA) is 131 Å². The van der Waals surface area contributed by atoms with Crippen molar-refractivity contribution in [2.24, 2.45) is 5.92 Å². The molecule has 0 bridgehead atoms. The maximum atomic E-state index is 13.0. The number of aromatic nitrogens is 2. The van der Waals surface area contributed by atoms with Crippen LogP contribution in [0.1, 0.15) is 23.9 Å². The van der Waals surface area contributed by atoms with Crippen LogP contribution in [0.2, 0.25) is 0 Å². The number of methoxy groups -OCH3 is 1. The van der Waals surface area contributed by atoms with Crippen LogP contribution in [0.5, 0.6) is 5.75 Å². The molecule has 0 fully saturated rings. The van der Waals surface area contributed by atoms with Gasteiger partial charge < -0.3 is 24.8 Å². The van der Waals surface area contributed by atoms with Gasteiger partial charge in [-0.2, -0.15) is 0 Å². The number of amides is 1. The second-order valence-electron chi connectivity index (χ2n) is 6.77. The first-order valence-electron chi connectivity index (χ1n) is 8.95. The third-order valence-electron chi connectivity index (χ3n) is 5.01. The van der Waals surface area contributed by atoms with Gasteiger partial charge in [-0.1, -0.05) is 12.1 Å². The molecule has 9 nitrogen and oxygen atoms in total. The van der Waals surface area contributed by atoms with E-state index in [2.05, 4.69) is 10.3 Å². The van der Waals surface area contributed by atoms with E-state index in [0.717, 1.165) is 0 Å². The largest absolute Gasteiger partial charge is 0.495 e. The molecule has 1 aliphatic rings. The van der Waals surface area contributed by atoms with Crippen LogP contribution in [0.3, 0.4) is 0 Å². The summed E-state index contributed by atoms with van der Waals surface area (Å²) in [7, 11) is 1.50. The number of carboxylic acids is 2. The summed E-state index contributed by atoms with van der Waals surface area (Å²) in [5.41, 5.74) is 1.58. The van der Waals surface area contributed by atoms with E-state index in [1.54, 1.807) is 35.8 Å². The molecule has 3 rings (SSSR count). The molecule has 2 aromatic rings. The lowest BCUT2D eigenvalue weighted by Crippen LogP contribution is -2.34. The summed E-state index contributed by atoms with van der Waals surface area (Å²) in [4.78, 5) is 40.0. The zero-order chi connectivity index (χ0) is 21.1. The van der Waals surface area contributed by atoms with Crippen molar-refractivity contribution in [3.8, 4) is 5.75 Å². The summed E-state index contributed by atoms with van der Waals surface area (Å²) < 4.78 is 6.89. The van der Waals surface area contributed by atoms with Gasteiger partial charge in [-0.3, -0.25) is 4.79 Å². The first-order valence-corrected chi connectivity index (χ1v) is 8.95. The van der Waals surface area contributed by atoms with E-state index in [9.17, 15) is 19.5 Å². The maximum Gasteiger partial charge on any atom is 0.333 e. The van der Waals surface area contributed by atoms with Crippen molar-refractivity contribution in [3.63, 3.8) is 0 Å². The van der Waals surface area contributed by atoms with Gasteiger partial charge >= 0.3 is 11.9 Å². The molecular weight excluding hydrogens is 378 g/mol. The van der Waals surface area contributed by atoms with Crippen LogP contribution in [0.4, 0.5) is 5.69 Å². The van der Waals surface area contributed by atoms with E-state index in [4.69, 9.17) is 9.84 Å². The lowest BCUT2D eigenvalue weighted by atomic mass is 9.86. The predicted octanol–water partition coefficient (Wildman–Crippen LogP) is 2.04. The molecule has 9 heteroatoms. The minimum Gasteiger partial charge on any atom is -0.495 e. The zero-order valence-corrected chi connectivity index (χ0v) is 16.0. The number of ether oxygens (including phenoxy) is 1. The molecule has 1 amide bonds. The number of carboxylic acid groups (broad SMARTS) is 2. The lowest BCUT2D eigenvalue weighted by molar-refractivity contribution is -0.135. The number of nitrogens with one attached hydrogen (secondary N) is 1. The number of hydrogen-bond donors (Lipinski definition) is 3. The molecule has 1 aromatic heterocycles. The summed E-state index contributed by atoms with van der Waals surface area (Å²) >= 11 is 0. The monoisotopic (exact) mass is 399 g/mol. The van der Waals surface area contributed by atoms with Crippen molar-refractivity contribution < 1.29 is 29.3 Å². The Bertz CT molecular complexity index is 994. The quantitative estimate of drug-likeness (QED) is 0.634. The van der Waals surface area contributed by atoms with E-state index in [1.165, 1.54) is 13.4 Å². The van der Waals surface area contributed by atoms with Crippen LogP contribution in [-0.2, 0) is 20.8 Å². The van der Waals surface area contributed by atoms with E-state index < -0.39 is 23.9 Å². The average molecular weight is 399 g/mol. The van der Waals surface area contributed by atoms with Crippen LogP contribution < -0.4 is 10.1 Å². The first kappa shape index (κ1) is 20.1. The Kier molecular flexibility index (Phi) is 5.67. The number of aliphatic carboxylic acids is 2. The van der Waals surface area contributed by atoms with Gasteiger partial charge in [0.1, 0.15) is 5.75 Å². The molecule has 29 heavy (non-hydrogen) atoms. The minimum absolute atomic E-state index is 0.134. The molecule has 3 N–H and O–H groups in total. The fourth-order valence-electron chi connectivity index (χ4n) is 3.59. The fraction of sp³-hybridized carbons (Fsp3) is 0.300. The van der Waals surface area contributed by atoms with E-state index in [1.807, 2.05) is 0 Å². The van der Waals surface area contributed by atoms with E-state index in [0.29, 0.717) is 35.3 Å². The highest BCUT2D eigenvalue weighted by atomic mass is 16.5. The summed E-state index contributed by atoms with van der Waals surface area (Å²) in [6.07, 6.45) is 2.66. The van der Waals surface area contributed by atoms with E-state index in [-0.39, 0.29) is 17.9 Å². The molecule has 152 valence electrons. The van der Waals surface area contributed by atoms with Gasteiger partial charge in [0.15, 0.2) is 0 Å². The van der Waals surface area contributed by atoms with Crippen molar-refractivity contribution in [1.82, 2.24) is 9.55 Å². The summed E-state index contributed by atoms with van der Waals surface area (Å²) in [6, 6.07) is 6.15. The zero-order valence-electron chi connectivity index (χ0n) is 16.0. The molecule has 0 aliphatic carbocycles. The summed E-state index contributed by atoms with van der Waals surface area (Å²) in [6.45, 7) is 1.77. The van der Waals surface area contributed by atoms with Gasteiger partial charge in [-0.25, -0.2) is 14.6 Å². The number of aryl methyl sites for hydroxylation is 1. The van der Waals surface area contributed by atoms with Crippen LogP contribution in [-0.4, -0.2) is 44.7 Å². The summed E-state index contributed by atoms with van der Waals surface area (Å²) in [5.74, 6) is -3.07. The van der Waals surface area contributed by atoms with Gasteiger partial charge in [0.05, 0.1) is 36.4 Å². The number of hydrogen-bond acceptors (Lipinski definition) is 5. The number of imidazole rings is 1. The Hall–Kier alpha value is -3.62. The van der Waals surface area contributed by atoms with Crippen molar-refractivity contribution in [3.05, 3.63) is 53.6 Å². The highest BCUT2D eigenvalue weighted by Crippen LogP contribution is 2.36. The molecule has 0 spiro atoms. The Morgan fingerprint density at radius 2 is 2.00 bits per heavy atom. The SMILES string of the molecule is COc1ccccc1NC(=O)C1Cc2c(C)ncn2C(C(=CC(=O)O)C(=O)O)C1. The smallest absolute Gasteiger partial charge is 0.333 e. The van der Waals surface area contributed by atoms with Gasteiger partial charge in [0, 0.05) is 24.1 Å². The summed E-state index contributed by atoms with van der Waals surface area (Å²) in [5, 5.41) is 21.5. The van der Waals surface area contributed by atoms with Crippen molar-refractivity contribution in [2.75, 3.05) is 12.4 Å². The third-order valence-corrected chi connectivity index (χ3v) is 5.01. The number of fused-ring (bicyclic) bond motifs is 1. The number of anilines is 1. The third kappa shape index (κ3) is 4.13. The second kappa shape index (κ2) is 8.17. The first-order chi connectivity index (χ1) is 13.8. The molecule has 0 saturated heterocycles. The van der Waals surface area contributed by atoms with Gasteiger partial charge in [-0.15, -0.1) is 0 Å². The highest BCUT2D eigenvalue weighted by Gasteiger charge is 2.36. The number of nitrogens with zero attached hydrogens (tertiary/aromatic N) is 2. The highest BCUT2D eigenvalue weighted by molar-refractivity contribution is 5.96. The van der Waals surface area contributed by atoms with E-state index >= 15 is 0 Å². The molecule has 1 aromatic carbocycles. The Morgan fingerprint density at radius 3 is 2.66 bits per heavy atom. The fourth-order valence-corrected chi connectivity index (χ4v) is 3.59. The minimum atomic E-state index is -1.36. The molecule has 2 heterocycles. The van der Waals surface area contributed by atoms with Gasteiger partial charge in [0.25, 0.3) is 0 Å². The normalized spacial score (nSPS) is 18.6. The maximum absolute atomic E-state index is 13.0. The van der Waals surface area contributed by atoms with Crippen LogP contribution in [0.15, 0.2) is 42.2 Å². The van der Waals surface area contributed by atoms with Crippen LogP contribution in [0, 0.1) is 12.8 Å².